The molecule has 0 aromatic rings. The molecule has 34 valence electrons. The number of rotatable bonds is 1. The van der Waals surface area contributed by atoms with Crippen molar-refractivity contribution in [2.24, 2.45) is 0 Å². The molecule has 0 radical (unpaired) electrons. The third kappa shape index (κ3) is 4.43. The third-order valence-electron chi connectivity index (χ3n) is 0.234. The Morgan fingerprint density at radius 2 is 2.50 bits per heavy atom. The van der Waals surface area contributed by atoms with E-state index in [1.165, 1.54) is 10.8 Å². The molecule has 0 saturated heterocycles. The second-order valence-corrected chi connectivity index (χ2v) is 3.69. The molecule has 0 saturated carbocycles. The quantitative estimate of drug-likeness (QED) is 0.370. The van der Waals surface area contributed by atoms with Gasteiger partial charge in [-0.3, -0.25) is 0 Å². The first-order valence-corrected chi connectivity index (χ1v) is 4.28. The van der Waals surface area contributed by atoms with E-state index in [1.54, 1.807) is 0 Å². The molecule has 0 aliphatic rings. The van der Waals surface area contributed by atoms with Crippen molar-refractivity contribution in [1.82, 2.24) is 0 Å². The minimum atomic E-state index is -1.15. The van der Waals surface area contributed by atoms with Gasteiger partial charge in [0.2, 0.25) is 0 Å². The van der Waals surface area contributed by atoms with Gasteiger partial charge in [-0.15, -0.1) is 0 Å². The van der Waals surface area contributed by atoms with E-state index >= 15 is 0 Å². The topological polar surface area (TPSA) is 17.1 Å². The summed E-state index contributed by atoms with van der Waals surface area (Å²) in [6.07, 6.45) is 0. The molecule has 0 spiro atoms. The van der Waals surface area contributed by atoms with Crippen molar-refractivity contribution in [3.63, 3.8) is 0 Å². The monoisotopic (exact) mass is 120 g/mol. The molecular formula is C2H5BOS2. The molecule has 0 rings (SSSR count). The first kappa shape index (κ1) is 6.43. The number of hydrogen-bond donors (Lipinski definition) is 0. The molecule has 0 unspecified atom stereocenters. The van der Waals surface area contributed by atoms with Gasteiger partial charge >= 0.3 is 43.3 Å². The van der Waals surface area contributed by atoms with E-state index in [1.807, 2.05) is 6.92 Å². The molecule has 0 bridgehead atoms. The Kier molecular flexibility index (Phi) is 3.88. The SMILES string of the molecule is B#S(=O)SCC. The van der Waals surface area contributed by atoms with Crippen LogP contribution in [0.15, 0.2) is 0 Å². The molecule has 4 heteroatoms. The van der Waals surface area contributed by atoms with Gasteiger partial charge in [0, 0.05) is 0 Å². The Bertz CT molecular complexity index is 123. The molecule has 0 aliphatic carbocycles. The molecule has 0 aromatic heterocycles. The first-order valence-electron chi connectivity index (χ1n) is 1.56. The van der Waals surface area contributed by atoms with Crippen LogP contribution in [0.5, 0.6) is 0 Å². The second kappa shape index (κ2) is 3.62. The van der Waals surface area contributed by atoms with E-state index in [9.17, 15) is 4.21 Å². The summed E-state index contributed by atoms with van der Waals surface area (Å²) in [6, 6.07) is 0. The normalized spacial score (nSPS) is 8.50. The summed E-state index contributed by atoms with van der Waals surface area (Å²) >= 11 is 0. The summed E-state index contributed by atoms with van der Waals surface area (Å²) in [7, 11) is 0.0872. The molecule has 0 aliphatic heterocycles. The van der Waals surface area contributed by atoms with Gasteiger partial charge in [-0.2, -0.15) is 0 Å². The van der Waals surface area contributed by atoms with Crippen LogP contribution in [0.1, 0.15) is 6.92 Å². The van der Waals surface area contributed by atoms with Gasteiger partial charge < -0.3 is 0 Å². The van der Waals surface area contributed by atoms with E-state index < -0.39 is 9.07 Å². The standard InChI is InChI=1S/C2H5BOS2/c1-2-5-6(3)4/h2H2,1H3. The van der Waals surface area contributed by atoms with Crippen LogP contribution >= 0.6 is 10.8 Å². The zero-order valence-corrected chi connectivity index (χ0v) is 5.14. The Morgan fingerprint density at radius 3 is 2.50 bits per heavy atom. The summed E-state index contributed by atoms with van der Waals surface area (Å²) in [4.78, 5) is 0. The van der Waals surface area contributed by atoms with Gasteiger partial charge in [-0.05, 0) is 0 Å². The number of hydrogen-bond acceptors (Lipinski definition) is 2. The van der Waals surface area contributed by atoms with E-state index in [0.717, 1.165) is 5.75 Å². The van der Waals surface area contributed by atoms with Crippen LogP contribution in [0.25, 0.3) is 0 Å². The summed E-state index contributed by atoms with van der Waals surface area (Å²) in [5.41, 5.74) is 0. The van der Waals surface area contributed by atoms with E-state index in [4.69, 9.17) is 6.53 Å². The van der Waals surface area contributed by atoms with E-state index in [0.29, 0.717) is 0 Å². The van der Waals surface area contributed by atoms with Crippen molar-refractivity contribution < 1.29 is 4.21 Å². The molecule has 0 N–H and O–H groups in total. The Hall–Kier alpha value is 0.435. The van der Waals surface area contributed by atoms with Crippen molar-refractivity contribution in [1.29, 1.82) is 0 Å². The maximum absolute atomic E-state index is 9.90. The van der Waals surface area contributed by atoms with Crippen LogP contribution in [0.2, 0.25) is 0 Å². The molecule has 0 atom stereocenters. The Labute approximate surface area is 43.8 Å². The summed E-state index contributed by atoms with van der Waals surface area (Å²) in [5.74, 6) is 0.823. The minimum absolute atomic E-state index is 0.823. The van der Waals surface area contributed by atoms with Gasteiger partial charge in [-0.1, -0.05) is 0 Å². The van der Waals surface area contributed by atoms with Gasteiger partial charge in [0.05, 0.1) is 0 Å². The summed E-state index contributed by atoms with van der Waals surface area (Å²) < 4.78 is 9.90. The summed E-state index contributed by atoms with van der Waals surface area (Å²) in [5, 5.41) is 0. The summed E-state index contributed by atoms with van der Waals surface area (Å²) in [6.45, 7) is 6.75. The van der Waals surface area contributed by atoms with Crippen LogP contribution in [0.3, 0.4) is 0 Å². The van der Waals surface area contributed by atoms with Crippen molar-refractivity contribution in [3.05, 3.63) is 0 Å². The molecular weight excluding hydrogens is 115 g/mol. The predicted molar refractivity (Wildman–Crippen MR) is 32.0 cm³/mol. The van der Waals surface area contributed by atoms with Gasteiger partial charge in [0.15, 0.2) is 0 Å². The van der Waals surface area contributed by atoms with Crippen molar-refractivity contribution in [2.75, 3.05) is 5.75 Å². The second-order valence-electron chi connectivity index (χ2n) is 0.667. The fraction of sp³-hybridized carbons (Fsp3) is 1.00. The Morgan fingerprint density at radius 1 is 2.00 bits per heavy atom. The van der Waals surface area contributed by atoms with Crippen LogP contribution in [-0.2, 0) is 9.07 Å². The van der Waals surface area contributed by atoms with Crippen LogP contribution < -0.4 is 0 Å². The van der Waals surface area contributed by atoms with Crippen LogP contribution in [-0.4, -0.2) is 16.5 Å². The van der Waals surface area contributed by atoms with Crippen molar-refractivity contribution in [2.45, 2.75) is 6.92 Å². The average molecular weight is 120 g/mol. The van der Waals surface area contributed by atoms with Gasteiger partial charge in [0.25, 0.3) is 0 Å². The van der Waals surface area contributed by atoms with Crippen molar-refractivity contribution >= 4 is 26.4 Å². The zero-order valence-electron chi connectivity index (χ0n) is 3.51. The molecule has 6 heavy (non-hydrogen) atoms. The molecule has 0 fully saturated rings. The van der Waals surface area contributed by atoms with E-state index in [2.05, 4.69) is 0 Å². The fourth-order valence-corrected chi connectivity index (χ4v) is 1.05. The molecule has 0 aromatic carbocycles. The van der Waals surface area contributed by atoms with Crippen LogP contribution in [0.4, 0.5) is 0 Å². The molecule has 0 heterocycles. The third-order valence-corrected chi connectivity index (χ3v) is 2.11. The van der Waals surface area contributed by atoms with Gasteiger partial charge in [-0.25, -0.2) is 0 Å². The predicted octanol–water partition coefficient (Wildman–Crippen LogP) is 0.487. The van der Waals surface area contributed by atoms with E-state index in [-0.39, 0.29) is 0 Å². The van der Waals surface area contributed by atoms with Gasteiger partial charge in [0.1, 0.15) is 0 Å². The van der Waals surface area contributed by atoms with Crippen LogP contribution in [0, 0.1) is 0 Å². The zero-order chi connectivity index (χ0) is 4.99. The Balaban J connectivity index is 3.16. The maximum atomic E-state index is 9.90. The first-order chi connectivity index (χ1) is 2.77. The fourth-order valence-electron chi connectivity index (χ4n) is 0.116. The molecule has 0 amide bonds. The molecule has 1 nitrogen and oxygen atoms in total. The van der Waals surface area contributed by atoms with Crippen molar-refractivity contribution in [3.8, 4) is 0 Å². The average Bonchev–Trinajstić information content (AvgIpc) is 1.35.